The van der Waals surface area contributed by atoms with Gasteiger partial charge in [0.1, 0.15) is 12.3 Å². The van der Waals surface area contributed by atoms with Crippen LogP contribution in [0.4, 0.5) is 13.2 Å². The number of nitrogens with two attached hydrogens (primary N) is 1. The number of aliphatic hydroxyl groups is 1. The number of hydrogen-bond acceptors (Lipinski definition) is 6. The Kier molecular flexibility index (Phi) is 7.19. The number of halogens is 3. The molecular weight excluding hydrogens is 381 g/mol. The highest BCUT2D eigenvalue weighted by Gasteiger charge is 2.49. The smallest absolute Gasteiger partial charge is 0.306 e. The highest BCUT2D eigenvalue weighted by molar-refractivity contribution is 5.70. The molecule has 3 rings (SSSR count). The van der Waals surface area contributed by atoms with Crippen molar-refractivity contribution in [2.45, 2.75) is 100 Å². The molecule has 1 saturated heterocycles. The predicted molar refractivity (Wildman–Crippen MR) is 92.6 cm³/mol. The molecule has 8 unspecified atom stereocenters. The number of rotatable bonds is 5. The summed E-state index contributed by atoms with van der Waals surface area (Å²) in [5.74, 6) is -1.32. The summed E-state index contributed by atoms with van der Waals surface area (Å²) in [4.78, 5) is 11.0. The van der Waals surface area contributed by atoms with Crippen molar-refractivity contribution >= 4 is 5.97 Å². The molecule has 0 aromatic heterocycles. The second-order valence-electron chi connectivity index (χ2n) is 8.09. The summed E-state index contributed by atoms with van der Waals surface area (Å²) in [6, 6.07) is -0.402. The topological polar surface area (TPSA) is 114 Å². The Hall–Kier alpha value is -0.940. The van der Waals surface area contributed by atoms with Crippen LogP contribution in [0, 0.1) is 5.92 Å². The maximum absolute atomic E-state index is 14.9. The van der Waals surface area contributed by atoms with Crippen molar-refractivity contribution in [2.75, 3.05) is 0 Å². The number of nitrogens with one attached hydrogen (secondary N) is 1. The number of carboxylic acids is 1. The average Bonchev–Trinajstić information content (AvgIpc) is 2.66. The van der Waals surface area contributed by atoms with E-state index in [0.29, 0.717) is 38.5 Å². The highest BCUT2D eigenvalue weighted by Crippen LogP contribution is 2.33. The first-order valence-electron chi connectivity index (χ1n) is 9.92. The van der Waals surface area contributed by atoms with Crippen LogP contribution in [0.1, 0.15) is 44.9 Å². The Morgan fingerprint density at radius 2 is 1.61 bits per heavy atom. The maximum Gasteiger partial charge on any atom is 0.306 e. The normalized spacial score (nSPS) is 47.6. The van der Waals surface area contributed by atoms with Gasteiger partial charge in [-0.05, 0) is 38.5 Å². The second kappa shape index (κ2) is 9.25. The van der Waals surface area contributed by atoms with Gasteiger partial charge < -0.3 is 25.4 Å². The van der Waals surface area contributed by atoms with Gasteiger partial charge in [0, 0.05) is 12.5 Å². The number of carboxylic acid groups (broad SMARTS) is 1. The zero-order valence-corrected chi connectivity index (χ0v) is 15.6. The summed E-state index contributed by atoms with van der Waals surface area (Å²) in [5.41, 5.74) is 5.72. The van der Waals surface area contributed by atoms with Gasteiger partial charge in [0.25, 0.3) is 0 Å². The van der Waals surface area contributed by atoms with Crippen molar-refractivity contribution in [1.82, 2.24) is 5.32 Å². The largest absolute Gasteiger partial charge is 0.481 e. The minimum Gasteiger partial charge on any atom is -0.481 e. The third-order valence-corrected chi connectivity index (χ3v) is 6.05. The fraction of sp³-hybridized carbons (Fsp3) is 0.944. The molecule has 2 saturated carbocycles. The third kappa shape index (κ3) is 4.96. The SMILES string of the molecule is NC1CCC(OC2C(F)C(F)NC(OC3CCC(C(=O)O)CC3)C2F)CC1O. The quantitative estimate of drug-likeness (QED) is 0.503. The van der Waals surface area contributed by atoms with Crippen molar-refractivity contribution in [3.63, 3.8) is 0 Å². The molecular formula is C18H29F3N2O5. The van der Waals surface area contributed by atoms with Gasteiger partial charge >= 0.3 is 5.97 Å². The molecule has 1 heterocycles. The molecule has 0 amide bonds. The molecule has 3 fully saturated rings. The van der Waals surface area contributed by atoms with Gasteiger partial charge in [-0.2, -0.15) is 0 Å². The van der Waals surface area contributed by atoms with Crippen molar-refractivity contribution < 1.29 is 37.7 Å². The van der Waals surface area contributed by atoms with Crippen molar-refractivity contribution in [2.24, 2.45) is 11.7 Å². The summed E-state index contributed by atoms with van der Waals surface area (Å²) in [6.07, 6.45) is -8.52. The van der Waals surface area contributed by atoms with Crippen LogP contribution >= 0.6 is 0 Å². The molecule has 0 aromatic rings. The third-order valence-electron chi connectivity index (χ3n) is 6.05. The van der Waals surface area contributed by atoms with E-state index in [9.17, 15) is 23.1 Å². The lowest BCUT2D eigenvalue weighted by Gasteiger charge is -2.42. The zero-order valence-electron chi connectivity index (χ0n) is 15.6. The van der Waals surface area contributed by atoms with Crippen LogP contribution in [0.5, 0.6) is 0 Å². The molecule has 5 N–H and O–H groups in total. The summed E-state index contributed by atoms with van der Waals surface area (Å²) in [6.45, 7) is 0. The number of alkyl halides is 3. The molecule has 0 aromatic carbocycles. The van der Waals surface area contributed by atoms with E-state index >= 15 is 0 Å². The number of piperidine rings is 1. The van der Waals surface area contributed by atoms with Gasteiger partial charge in [0.15, 0.2) is 18.6 Å². The number of aliphatic carboxylic acids is 1. The van der Waals surface area contributed by atoms with Gasteiger partial charge in [-0.15, -0.1) is 0 Å². The first kappa shape index (κ1) is 21.8. The first-order valence-corrected chi connectivity index (χ1v) is 9.92. The second-order valence-corrected chi connectivity index (χ2v) is 8.09. The lowest BCUT2D eigenvalue weighted by molar-refractivity contribution is -0.204. The minimum absolute atomic E-state index is 0.145. The molecule has 10 heteroatoms. The summed E-state index contributed by atoms with van der Waals surface area (Å²) >= 11 is 0. The Balaban J connectivity index is 1.57. The first-order chi connectivity index (χ1) is 13.3. The fourth-order valence-corrected chi connectivity index (χ4v) is 4.25. The predicted octanol–water partition coefficient (Wildman–Crippen LogP) is 1.17. The highest BCUT2D eigenvalue weighted by atomic mass is 19.2. The van der Waals surface area contributed by atoms with Crippen LogP contribution in [-0.2, 0) is 14.3 Å². The lowest BCUT2D eigenvalue weighted by Crippen LogP contribution is -2.63. The summed E-state index contributed by atoms with van der Waals surface area (Å²) < 4.78 is 54.5. The molecule has 0 spiro atoms. The van der Waals surface area contributed by atoms with Crippen LogP contribution in [0.3, 0.4) is 0 Å². The van der Waals surface area contributed by atoms with Crippen LogP contribution in [-0.4, -0.2) is 71.5 Å². The Morgan fingerprint density at radius 3 is 2.21 bits per heavy atom. The van der Waals surface area contributed by atoms with E-state index in [0.717, 1.165) is 0 Å². The van der Waals surface area contributed by atoms with Gasteiger partial charge in [-0.1, -0.05) is 0 Å². The lowest BCUT2D eigenvalue weighted by atomic mass is 9.87. The van der Waals surface area contributed by atoms with E-state index in [2.05, 4.69) is 5.32 Å². The van der Waals surface area contributed by atoms with E-state index in [1.54, 1.807) is 0 Å². The molecule has 162 valence electrons. The standard InChI is InChI=1S/C18H29F3N2O5/c19-13-15(27-10-5-6-11(22)12(24)7-10)14(20)17(23-16(13)21)28-9-3-1-8(2-4-9)18(25)26/h8-17,23-24H,1-7,22H2,(H,25,26). The van der Waals surface area contributed by atoms with E-state index in [-0.39, 0.29) is 6.42 Å². The van der Waals surface area contributed by atoms with Gasteiger partial charge in [-0.25, -0.2) is 13.2 Å². The van der Waals surface area contributed by atoms with Gasteiger partial charge in [0.2, 0.25) is 0 Å². The minimum atomic E-state index is -2.20. The fourth-order valence-electron chi connectivity index (χ4n) is 4.25. The van der Waals surface area contributed by atoms with Crippen molar-refractivity contribution in [1.29, 1.82) is 0 Å². The maximum atomic E-state index is 14.9. The molecule has 2 aliphatic carbocycles. The van der Waals surface area contributed by atoms with Gasteiger partial charge in [0.05, 0.1) is 24.2 Å². The zero-order chi connectivity index (χ0) is 20.4. The number of hydrogen-bond donors (Lipinski definition) is 4. The molecule has 3 aliphatic rings. The van der Waals surface area contributed by atoms with E-state index in [1.807, 2.05) is 0 Å². The Morgan fingerprint density at radius 1 is 0.964 bits per heavy atom. The molecule has 28 heavy (non-hydrogen) atoms. The van der Waals surface area contributed by atoms with E-state index in [4.69, 9.17) is 20.3 Å². The molecule has 8 atom stereocenters. The van der Waals surface area contributed by atoms with Crippen molar-refractivity contribution in [3.8, 4) is 0 Å². The van der Waals surface area contributed by atoms with Crippen molar-refractivity contribution in [3.05, 3.63) is 0 Å². The van der Waals surface area contributed by atoms with Crippen LogP contribution in [0.15, 0.2) is 0 Å². The number of carbonyl (C=O) groups is 1. The van der Waals surface area contributed by atoms with Crippen LogP contribution < -0.4 is 11.1 Å². The van der Waals surface area contributed by atoms with Crippen LogP contribution in [0.2, 0.25) is 0 Å². The Labute approximate surface area is 161 Å². The summed E-state index contributed by atoms with van der Waals surface area (Å²) in [5, 5.41) is 21.1. The molecule has 7 nitrogen and oxygen atoms in total. The number of ether oxygens (including phenoxy) is 2. The van der Waals surface area contributed by atoms with Crippen LogP contribution in [0.25, 0.3) is 0 Å². The van der Waals surface area contributed by atoms with E-state index in [1.165, 1.54) is 0 Å². The van der Waals surface area contributed by atoms with E-state index < -0.39 is 67.2 Å². The number of aliphatic hydroxyl groups excluding tert-OH is 1. The monoisotopic (exact) mass is 410 g/mol. The Bertz CT molecular complexity index is 537. The summed E-state index contributed by atoms with van der Waals surface area (Å²) in [7, 11) is 0. The van der Waals surface area contributed by atoms with Gasteiger partial charge in [-0.3, -0.25) is 10.1 Å². The average molecular weight is 410 g/mol. The molecule has 0 bridgehead atoms. The molecule has 0 radical (unpaired) electrons. The molecule has 1 aliphatic heterocycles.